The number of anilines is 1. The van der Waals surface area contributed by atoms with Crippen LogP contribution in [0.4, 0.5) is 23.4 Å². The van der Waals surface area contributed by atoms with Crippen LogP contribution < -0.4 is 9.64 Å². The average Bonchev–Trinajstić information content (AvgIpc) is 3.96. The van der Waals surface area contributed by atoms with Crippen molar-refractivity contribution in [1.29, 1.82) is 0 Å². The lowest BCUT2D eigenvalue weighted by Crippen LogP contribution is -2.43. The number of hydrogen-bond acceptors (Lipinski definition) is 9. The summed E-state index contributed by atoms with van der Waals surface area (Å²) in [5, 5.41) is 3.30. The fourth-order valence-electron chi connectivity index (χ4n) is 7.92. The minimum Gasteiger partial charge on any atom is -0.461 e. The van der Waals surface area contributed by atoms with Crippen LogP contribution >= 0.6 is 11.3 Å². The predicted molar refractivity (Wildman–Crippen MR) is 191 cm³/mol. The highest BCUT2D eigenvalue weighted by atomic mass is 32.1. The SMILES string of the molecule is C#Cc1c(F)ccc2cccc(-c3ncc4c(N(C)[C@@H]5CCN(C(=O)/C(F)=C/c6nccs6)C5)nc(OC[C@@]56CCCN5C[C@H](F)C6)nc4c3F)c12. The van der Waals surface area contributed by atoms with Gasteiger partial charge in [-0.2, -0.15) is 9.97 Å². The Hall–Kier alpha value is -5.13. The van der Waals surface area contributed by atoms with E-state index in [0.717, 1.165) is 25.5 Å². The van der Waals surface area contributed by atoms with Gasteiger partial charge in [0, 0.05) is 73.9 Å². The van der Waals surface area contributed by atoms with Gasteiger partial charge in [0.15, 0.2) is 11.6 Å². The van der Waals surface area contributed by atoms with E-state index in [4.69, 9.17) is 16.1 Å². The van der Waals surface area contributed by atoms with Crippen LogP contribution in [-0.2, 0) is 4.79 Å². The van der Waals surface area contributed by atoms with E-state index in [1.54, 1.807) is 41.6 Å². The summed E-state index contributed by atoms with van der Waals surface area (Å²) in [5.74, 6) is -0.378. The normalized spacial score (nSPS) is 21.9. The first-order chi connectivity index (χ1) is 25.2. The van der Waals surface area contributed by atoms with Gasteiger partial charge in [-0.25, -0.2) is 22.5 Å². The van der Waals surface area contributed by atoms with Crippen LogP contribution in [0.25, 0.3) is 39.0 Å². The fourth-order valence-corrected chi connectivity index (χ4v) is 8.48. The summed E-state index contributed by atoms with van der Waals surface area (Å²) in [5.41, 5.74) is -0.407. The van der Waals surface area contributed by atoms with E-state index in [2.05, 4.69) is 25.8 Å². The third-order valence-electron chi connectivity index (χ3n) is 10.5. The second kappa shape index (κ2) is 13.4. The number of thiazole rings is 1. The van der Waals surface area contributed by atoms with Crippen LogP contribution in [0, 0.1) is 24.0 Å². The van der Waals surface area contributed by atoms with Crippen LogP contribution in [0.5, 0.6) is 6.01 Å². The second-order valence-corrected chi connectivity index (χ2v) is 14.4. The molecule has 0 spiro atoms. The van der Waals surface area contributed by atoms with Crippen molar-refractivity contribution in [3.8, 4) is 29.6 Å². The molecule has 3 aromatic heterocycles. The number of amides is 1. The highest BCUT2D eigenvalue weighted by Crippen LogP contribution is 2.41. The number of alkyl halides is 1. The van der Waals surface area contributed by atoms with Gasteiger partial charge in [0.2, 0.25) is 0 Å². The molecule has 3 saturated heterocycles. The number of nitrogens with zero attached hydrogens (tertiary/aromatic N) is 7. The minimum atomic E-state index is -0.970. The minimum absolute atomic E-state index is 0.0112. The number of halogens is 4. The quantitative estimate of drug-likeness (QED) is 0.101. The number of carbonyl (C=O) groups is 1. The lowest BCUT2D eigenvalue weighted by atomic mass is 9.95. The summed E-state index contributed by atoms with van der Waals surface area (Å²) in [6.45, 7) is 1.68. The number of likely N-dealkylation sites (N-methyl/N-ethyl adjacent to an activating group) is 1. The number of aromatic nitrogens is 4. The largest absolute Gasteiger partial charge is 0.461 e. The first-order valence-electron chi connectivity index (χ1n) is 17.0. The van der Waals surface area contributed by atoms with Crippen LogP contribution in [0.1, 0.15) is 36.3 Å². The summed E-state index contributed by atoms with van der Waals surface area (Å²) in [6, 6.07) is 7.51. The van der Waals surface area contributed by atoms with Gasteiger partial charge in [-0.15, -0.1) is 17.8 Å². The Labute approximate surface area is 301 Å². The molecule has 9 nitrogen and oxygen atoms in total. The van der Waals surface area contributed by atoms with E-state index in [0.29, 0.717) is 46.5 Å². The molecule has 0 radical (unpaired) electrons. The zero-order valence-electron chi connectivity index (χ0n) is 28.2. The number of likely N-dealkylation sites (tertiary alicyclic amines) is 1. The van der Waals surface area contributed by atoms with E-state index in [1.165, 1.54) is 34.7 Å². The van der Waals surface area contributed by atoms with Gasteiger partial charge >= 0.3 is 6.01 Å². The fraction of sp³-hybridized carbons (Fsp3) is 0.342. The van der Waals surface area contributed by atoms with Crippen LogP contribution in [-0.4, -0.2) is 93.2 Å². The van der Waals surface area contributed by atoms with Gasteiger partial charge in [0.25, 0.3) is 5.91 Å². The molecule has 14 heteroatoms. The molecule has 0 saturated carbocycles. The molecule has 52 heavy (non-hydrogen) atoms. The zero-order valence-corrected chi connectivity index (χ0v) is 29.0. The molecule has 3 atom stereocenters. The predicted octanol–water partition coefficient (Wildman–Crippen LogP) is 6.56. The Kier molecular flexibility index (Phi) is 8.79. The number of hydrogen-bond donors (Lipinski definition) is 0. The van der Waals surface area contributed by atoms with Crippen molar-refractivity contribution in [3.63, 3.8) is 0 Å². The molecule has 6 heterocycles. The standard InChI is InChI=1S/C38H33F4N7O2S/c1-3-25-28(40)9-8-22-6-4-7-26(31(22)25)33-32(42)34-27(18-44-33)35(46-37(45-34)51-21-38-11-5-13-49(38)19-23(39)17-38)47(2)24-10-14-48(20-24)36(50)29(41)16-30-43-12-15-52-30/h1,4,6-9,12,15-16,18,23-24H,5,10-11,13-14,17,19-21H2,2H3/b29-16-/t23-,24-,38+/m1/s1. The smallest absolute Gasteiger partial charge is 0.319 e. The molecule has 0 unspecified atom stereocenters. The van der Waals surface area contributed by atoms with Crippen molar-refractivity contribution < 1.29 is 27.1 Å². The molecule has 0 aliphatic carbocycles. The van der Waals surface area contributed by atoms with E-state index in [-0.39, 0.29) is 53.9 Å². The van der Waals surface area contributed by atoms with Gasteiger partial charge in [-0.1, -0.05) is 30.2 Å². The third-order valence-corrected chi connectivity index (χ3v) is 11.2. The van der Waals surface area contributed by atoms with Crippen molar-refractivity contribution in [2.45, 2.75) is 43.4 Å². The highest BCUT2D eigenvalue weighted by Gasteiger charge is 2.49. The third kappa shape index (κ3) is 5.91. The Morgan fingerprint density at radius 3 is 2.87 bits per heavy atom. The molecule has 8 rings (SSSR count). The molecule has 3 fully saturated rings. The zero-order chi connectivity index (χ0) is 36.1. The molecule has 5 aromatic rings. The Morgan fingerprint density at radius 1 is 1.19 bits per heavy atom. The van der Waals surface area contributed by atoms with Gasteiger partial charge in [0.05, 0.1) is 16.5 Å². The van der Waals surface area contributed by atoms with Gasteiger partial charge in [-0.05, 0) is 37.3 Å². The maximum absolute atomic E-state index is 16.9. The van der Waals surface area contributed by atoms with Crippen molar-refractivity contribution in [2.24, 2.45) is 0 Å². The van der Waals surface area contributed by atoms with Crippen LogP contribution in [0.2, 0.25) is 0 Å². The van der Waals surface area contributed by atoms with Crippen LogP contribution in [0.15, 0.2) is 53.9 Å². The molecular formula is C38H33F4N7O2S. The molecule has 2 aromatic carbocycles. The average molecular weight is 728 g/mol. The summed E-state index contributed by atoms with van der Waals surface area (Å²) in [6.07, 6.45) is 11.3. The Balaban J connectivity index is 1.18. The van der Waals surface area contributed by atoms with Crippen LogP contribution in [0.3, 0.4) is 0 Å². The van der Waals surface area contributed by atoms with E-state index < -0.39 is 35.1 Å². The first-order valence-corrected chi connectivity index (χ1v) is 17.9. The topological polar surface area (TPSA) is 87.6 Å². The Morgan fingerprint density at radius 2 is 2.06 bits per heavy atom. The van der Waals surface area contributed by atoms with Crippen molar-refractivity contribution in [1.82, 2.24) is 29.7 Å². The van der Waals surface area contributed by atoms with Crippen molar-refractivity contribution in [2.75, 3.05) is 44.7 Å². The molecule has 1 amide bonds. The molecule has 266 valence electrons. The van der Waals surface area contributed by atoms with Gasteiger partial charge in [-0.3, -0.25) is 14.7 Å². The maximum atomic E-state index is 16.9. The number of pyridine rings is 1. The molecule has 0 bridgehead atoms. The second-order valence-electron chi connectivity index (χ2n) is 13.5. The summed E-state index contributed by atoms with van der Waals surface area (Å²) in [4.78, 5) is 36.1. The van der Waals surface area contributed by atoms with Crippen molar-refractivity contribution >= 4 is 50.8 Å². The number of carbonyl (C=O) groups excluding carboxylic acids is 1. The van der Waals surface area contributed by atoms with Gasteiger partial charge < -0.3 is 14.5 Å². The number of terminal acetylenes is 1. The molecular weight excluding hydrogens is 695 g/mol. The van der Waals surface area contributed by atoms with E-state index in [1.807, 2.05) is 0 Å². The lowest BCUT2D eigenvalue weighted by Gasteiger charge is -2.31. The number of rotatable bonds is 8. The summed E-state index contributed by atoms with van der Waals surface area (Å²) >= 11 is 1.22. The van der Waals surface area contributed by atoms with E-state index >= 15 is 4.39 Å². The first kappa shape index (κ1) is 34.0. The molecule has 3 aliphatic heterocycles. The highest BCUT2D eigenvalue weighted by molar-refractivity contribution is 7.10. The van der Waals surface area contributed by atoms with Crippen molar-refractivity contribution in [3.05, 3.63) is 76.1 Å². The Bertz CT molecular complexity index is 2280. The monoisotopic (exact) mass is 727 g/mol. The van der Waals surface area contributed by atoms with Gasteiger partial charge in [0.1, 0.15) is 40.6 Å². The summed E-state index contributed by atoms with van der Waals surface area (Å²) < 4.78 is 67.5. The molecule has 3 aliphatic rings. The molecule has 0 N–H and O–H groups in total. The maximum Gasteiger partial charge on any atom is 0.319 e. The summed E-state index contributed by atoms with van der Waals surface area (Å²) in [7, 11) is 1.76. The number of ether oxygens (including phenoxy) is 1. The van der Waals surface area contributed by atoms with E-state index in [9.17, 15) is 18.0 Å². The number of fused-ring (bicyclic) bond motifs is 3. The lowest BCUT2D eigenvalue weighted by molar-refractivity contribution is -0.127. The number of benzene rings is 2.